The summed E-state index contributed by atoms with van der Waals surface area (Å²) in [4.78, 5) is 0. The molecule has 0 bridgehead atoms. The van der Waals surface area contributed by atoms with Crippen molar-refractivity contribution in [2.45, 2.75) is 0 Å². The van der Waals surface area contributed by atoms with Gasteiger partial charge in [0.15, 0.2) is 0 Å². The quantitative estimate of drug-likeness (QED) is 0.168. The van der Waals surface area contributed by atoms with Gasteiger partial charge in [0.25, 0.3) is 0 Å². The Balaban J connectivity index is 1.18. The van der Waals surface area contributed by atoms with Crippen molar-refractivity contribution in [2.24, 2.45) is 0 Å². The van der Waals surface area contributed by atoms with E-state index >= 15 is 0 Å². The molecular weight excluding hydrogens is 605 g/mol. The first kappa shape index (κ1) is 26.3. The fourth-order valence-corrected chi connectivity index (χ4v) is 9.21. The summed E-state index contributed by atoms with van der Waals surface area (Å²) < 4.78 is 4.89. The van der Waals surface area contributed by atoms with Crippen LogP contribution in [0.5, 0.6) is 0 Å². The molecule has 0 N–H and O–H groups in total. The fourth-order valence-electron chi connectivity index (χ4n) is 9.21. The normalized spacial score (nSPS) is 12.4. The molecule has 2 aromatic heterocycles. The number of aromatic nitrogens is 2. The van der Waals surface area contributed by atoms with Crippen LogP contribution in [0.4, 0.5) is 0 Å². The molecule has 0 aliphatic heterocycles. The summed E-state index contributed by atoms with van der Waals surface area (Å²) in [6.45, 7) is 0. The van der Waals surface area contributed by atoms with Gasteiger partial charge in [0, 0.05) is 32.9 Å². The van der Waals surface area contributed by atoms with Gasteiger partial charge in [0.05, 0.1) is 22.1 Å². The summed E-state index contributed by atoms with van der Waals surface area (Å²) in [6, 6.07) is 62.9. The van der Waals surface area contributed by atoms with E-state index in [-0.39, 0.29) is 0 Å². The summed E-state index contributed by atoms with van der Waals surface area (Å²) in [5.41, 5.74) is 12.6. The van der Waals surface area contributed by atoms with E-state index in [1.165, 1.54) is 110 Å². The minimum absolute atomic E-state index is 1.18. The Hall–Kier alpha value is -6.64. The standard InChI is InChI=1S/C48H28N2/c1-2-12-31(13-3-1)49-42-19-7-5-15-39(42)48-44(49)26-21-30-20-23-37-36(46(30)48)25-27-43-47(37)38-14-4-6-18-41(38)50(43)32-22-24-33-34-16-8-10-29-11-9-17-35(45(29)34)40(33)28-32/h1-28H. The topological polar surface area (TPSA) is 9.86 Å². The maximum atomic E-state index is 2.47. The molecule has 2 heteroatoms. The minimum Gasteiger partial charge on any atom is -0.309 e. The molecule has 12 rings (SSSR count). The molecule has 2 nitrogen and oxygen atoms in total. The molecule has 11 aromatic rings. The summed E-state index contributed by atoms with van der Waals surface area (Å²) >= 11 is 0. The van der Waals surface area contributed by atoms with Crippen LogP contribution in [0.1, 0.15) is 0 Å². The summed E-state index contributed by atoms with van der Waals surface area (Å²) in [7, 11) is 0. The van der Waals surface area contributed by atoms with Gasteiger partial charge in [-0.3, -0.25) is 0 Å². The third kappa shape index (κ3) is 3.28. The Morgan fingerprint density at radius 1 is 0.260 bits per heavy atom. The minimum atomic E-state index is 1.18. The van der Waals surface area contributed by atoms with Crippen molar-refractivity contribution >= 4 is 75.9 Å². The second kappa shape index (κ2) is 9.49. The third-order valence-corrected chi connectivity index (χ3v) is 11.2. The lowest BCUT2D eigenvalue weighted by molar-refractivity contribution is 1.18. The predicted molar refractivity (Wildman–Crippen MR) is 212 cm³/mol. The van der Waals surface area contributed by atoms with Crippen LogP contribution in [0.3, 0.4) is 0 Å². The Labute approximate surface area is 287 Å². The maximum absolute atomic E-state index is 2.47. The molecule has 0 unspecified atom stereocenters. The second-order valence-corrected chi connectivity index (χ2v) is 13.7. The number of hydrogen-bond donors (Lipinski definition) is 0. The highest BCUT2D eigenvalue weighted by atomic mass is 15.0. The van der Waals surface area contributed by atoms with Crippen molar-refractivity contribution in [3.8, 4) is 33.6 Å². The predicted octanol–water partition coefficient (Wildman–Crippen LogP) is 13.0. The molecule has 0 amide bonds. The fraction of sp³-hybridized carbons (Fsp3) is 0. The van der Waals surface area contributed by atoms with Crippen LogP contribution in [0.25, 0.3) is 110 Å². The van der Waals surface area contributed by atoms with Gasteiger partial charge in [0.2, 0.25) is 0 Å². The molecular formula is C48H28N2. The molecule has 0 radical (unpaired) electrons. The van der Waals surface area contributed by atoms with Crippen molar-refractivity contribution in [1.29, 1.82) is 0 Å². The van der Waals surface area contributed by atoms with Gasteiger partial charge in [-0.2, -0.15) is 0 Å². The van der Waals surface area contributed by atoms with Crippen molar-refractivity contribution < 1.29 is 0 Å². The zero-order valence-corrected chi connectivity index (χ0v) is 27.1. The first-order chi connectivity index (χ1) is 24.8. The van der Waals surface area contributed by atoms with Crippen LogP contribution in [-0.2, 0) is 0 Å². The Bertz CT molecular complexity index is 3240. The van der Waals surface area contributed by atoms with E-state index in [0.717, 1.165) is 0 Å². The van der Waals surface area contributed by atoms with Crippen LogP contribution < -0.4 is 0 Å². The lowest BCUT2D eigenvalue weighted by atomic mass is 9.95. The number of hydrogen-bond acceptors (Lipinski definition) is 0. The van der Waals surface area contributed by atoms with Gasteiger partial charge in [-0.1, -0.05) is 121 Å². The summed E-state index contributed by atoms with van der Waals surface area (Å²) in [5.74, 6) is 0. The van der Waals surface area contributed by atoms with Crippen molar-refractivity contribution in [3.63, 3.8) is 0 Å². The SMILES string of the molecule is c1ccc(-n2c3ccccc3c3c4c(ccc5c4ccc4c5c5ccccc5n4-c4ccc5c(c4)-c4cccc6cccc-5c46)ccc32)cc1. The molecule has 230 valence electrons. The van der Waals surface area contributed by atoms with Gasteiger partial charge in [-0.15, -0.1) is 0 Å². The Morgan fingerprint density at radius 3 is 1.64 bits per heavy atom. The van der Waals surface area contributed by atoms with E-state index in [1.807, 2.05) is 0 Å². The van der Waals surface area contributed by atoms with Crippen LogP contribution in [0.15, 0.2) is 170 Å². The number of nitrogens with zero attached hydrogens (tertiary/aromatic N) is 2. The van der Waals surface area contributed by atoms with E-state index in [0.29, 0.717) is 0 Å². The van der Waals surface area contributed by atoms with Crippen LogP contribution in [0.2, 0.25) is 0 Å². The zero-order chi connectivity index (χ0) is 32.5. The van der Waals surface area contributed by atoms with Gasteiger partial charge in [-0.25, -0.2) is 0 Å². The van der Waals surface area contributed by atoms with Crippen LogP contribution in [-0.4, -0.2) is 9.13 Å². The average molecular weight is 633 g/mol. The van der Waals surface area contributed by atoms with E-state index in [9.17, 15) is 0 Å². The lowest BCUT2D eigenvalue weighted by Crippen LogP contribution is -1.94. The molecule has 2 heterocycles. The van der Waals surface area contributed by atoms with E-state index < -0.39 is 0 Å². The highest BCUT2D eigenvalue weighted by Gasteiger charge is 2.23. The molecule has 50 heavy (non-hydrogen) atoms. The van der Waals surface area contributed by atoms with Crippen molar-refractivity contribution in [1.82, 2.24) is 9.13 Å². The number of para-hydroxylation sites is 3. The van der Waals surface area contributed by atoms with Gasteiger partial charge in [0.1, 0.15) is 0 Å². The largest absolute Gasteiger partial charge is 0.309 e. The first-order valence-corrected chi connectivity index (χ1v) is 17.4. The summed E-state index contributed by atoms with van der Waals surface area (Å²) in [5, 5.41) is 13.0. The molecule has 0 spiro atoms. The molecule has 1 aliphatic carbocycles. The summed E-state index contributed by atoms with van der Waals surface area (Å²) in [6.07, 6.45) is 0. The monoisotopic (exact) mass is 632 g/mol. The number of fused-ring (bicyclic) bond motifs is 14. The molecule has 0 atom stereocenters. The number of benzene rings is 9. The van der Waals surface area contributed by atoms with E-state index in [2.05, 4.69) is 179 Å². The van der Waals surface area contributed by atoms with Gasteiger partial charge < -0.3 is 9.13 Å². The average Bonchev–Trinajstić information content (AvgIpc) is 3.82. The van der Waals surface area contributed by atoms with Gasteiger partial charge in [-0.05, 0) is 103 Å². The zero-order valence-electron chi connectivity index (χ0n) is 27.1. The second-order valence-electron chi connectivity index (χ2n) is 13.7. The van der Waals surface area contributed by atoms with Gasteiger partial charge >= 0.3 is 0 Å². The smallest absolute Gasteiger partial charge is 0.0547 e. The lowest BCUT2D eigenvalue weighted by Gasteiger charge is -2.12. The van der Waals surface area contributed by atoms with Crippen LogP contribution >= 0.6 is 0 Å². The molecule has 0 saturated carbocycles. The third-order valence-electron chi connectivity index (χ3n) is 11.2. The Kier molecular flexibility index (Phi) is 5.00. The Morgan fingerprint density at radius 2 is 0.840 bits per heavy atom. The maximum Gasteiger partial charge on any atom is 0.0547 e. The highest BCUT2D eigenvalue weighted by molar-refractivity contribution is 6.32. The first-order valence-electron chi connectivity index (χ1n) is 17.4. The van der Waals surface area contributed by atoms with Crippen molar-refractivity contribution in [3.05, 3.63) is 170 Å². The van der Waals surface area contributed by atoms with E-state index in [4.69, 9.17) is 0 Å². The highest BCUT2D eigenvalue weighted by Crippen LogP contribution is 2.49. The number of rotatable bonds is 2. The molecule has 0 saturated heterocycles. The molecule has 9 aromatic carbocycles. The van der Waals surface area contributed by atoms with Crippen LogP contribution in [0, 0.1) is 0 Å². The van der Waals surface area contributed by atoms with E-state index in [1.54, 1.807) is 0 Å². The molecule has 1 aliphatic rings. The van der Waals surface area contributed by atoms with Crippen molar-refractivity contribution in [2.75, 3.05) is 0 Å². The molecule has 0 fully saturated rings.